The van der Waals surface area contributed by atoms with Crippen LogP contribution in [0.25, 0.3) is 0 Å². The van der Waals surface area contributed by atoms with E-state index in [0.29, 0.717) is 17.7 Å². The quantitative estimate of drug-likeness (QED) is 0.914. The molecule has 0 aliphatic rings. The van der Waals surface area contributed by atoms with E-state index in [1.807, 2.05) is 0 Å². The van der Waals surface area contributed by atoms with Gasteiger partial charge in [-0.1, -0.05) is 0 Å². The van der Waals surface area contributed by atoms with Crippen molar-refractivity contribution in [2.24, 2.45) is 0 Å². The highest BCUT2D eigenvalue weighted by molar-refractivity contribution is 5.45. The monoisotopic (exact) mass is 282 g/mol. The van der Waals surface area contributed by atoms with Gasteiger partial charge in [0.05, 0.1) is 19.5 Å². The zero-order chi connectivity index (χ0) is 14.5. The second-order valence-electron chi connectivity index (χ2n) is 4.11. The summed E-state index contributed by atoms with van der Waals surface area (Å²) in [5.41, 5.74) is 0.380. The summed E-state index contributed by atoms with van der Waals surface area (Å²) < 4.78 is 44.9. The lowest BCUT2D eigenvalue weighted by Crippen LogP contribution is -2.09. The Kier molecular flexibility index (Phi) is 4.45. The van der Waals surface area contributed by atoms with Crippen molar-refractivity contribution in [2.75, 3.05) is 19.0 Å². The second kappa shape index (κ2) is 6.27. The third-order valence-electron chi connectivity index (χ3n) is 2.79. The number of halogens is 3. The van der Waals surface area contributed by atoms with E-state index in [2.05, 4.69) is 10.3 Å². The highest BCUT2D eigenvalue weighted by atomic mass is 19.1. The average Bonchev–Trinajstić information content (AvgIpc) is 2.42. The molecule has 0 saturated heterocycles. The molecule has 0 aliphatic carbocycles. The smallest absolute Gasteiger partial charge is 0.167 e. The van der Waals surface area contributed by atoms with Crippen molar-refractivity contribution in [1.82, 2.24) is 4.98 Å². The van der Waals surface area contributed by atoms with E-state index in [1.54, 1.807) is 0 Å². The SMILES string of the molecule is COc1ccc(F)cc1CCNc1c(F)cncc1F. The minimum atomic E-state index is -0.767. The van der Waals surface area contributed by atoms with Crippen molar-refractivity contribution in [3.63, 3.8) is 0 Å². The summed E-state index contributed by atoms with van der Waals surface area (Å²) in [5.74, 6) is -1.39. The number of aromatic nitrogens is 1. The molecule has 2 aromatic rings. The maximum absolute atomic E-state index is 13.3. The normalized spacial score (nSPS) is 10.4. The molecule has 0 spiro atoms. The van der Waals surface area contributed by atoms with E-state index in [9.17, 15) is 13.2 Å². The van der Waals surface area contributed by atoms with Crippen molar-refractivity contribution >= 4 is 5.69 Å². The molecule has 1 N–H and O–H groups in total. The standard InChI is InChI=1S/C14H13F3N2O/c1-20-13-3-2-10(15)6-9(13)4-5-19-14-11(16)7-18-8-12(14)17/h2-3,6-8H,4-5H2,1H3,(H,18,19). The van der Waals surface area contributed by atoms with Crippen LogP contribution < -0.4 is 10.1 Å². The minimum absolute atomic E-state index is 0.234. The Labute approximate surface area is 114 Å². The van der Waals surface area contributed by atoms with Crippen molar-refractivity contribution in [2.45, 2.75) is 6.42 Å². The molecule has 0 aliphatic heterocycles. The lowest BCUT2D eigenvalue weighted by Gasteiger charge is -2.11. The Morgan fingerprint density at radius 3 is 2.50 bits per heavy atom. The first-order valence-corrected chi connectivity index (χ1v) is 5.97. The number of nitrogens with zero attached hydrogens (tertiary/aromatic N) is 1. The Balaban J connectivity index is 2.05. The van der Waals surface area contributed by atoms with E-state index in [4.69, 9.17) is 4.74 Å². The summed E-state index contributed by atoms with van der Waals surface area (Å²) in [5, 5.41) is 2.63. The molecule has 1 aromatic heterocycles. The first-order valence-electron chi connectivity index (χ1n) is 5.97. The largest absolute Gasteiger partial charge is 0.496 e. The number of benzene rings is 1. The third-order valence-corrected chi connectivity index (χ3v) is 2.79. The van der Waals surface area contributed by atoms with Crippen LogP contribution in [0.15, 0.2) is 30.6 Å². The van der Waals surface area contributed by atoms with Crippen LogP contribution in [0.3, 0.4) is 0 Å². The molecule has 1 heterocycles. The van der Waals surface area contributed by atoms with Crippen LogP contribution >= 0.6 is 0 Å². The summed E-state index contributed by atoms with van der Waals surface area (Å²) in [6, 6.07) is 4.13. The summed E-state index contributed by atoms with van der Waals surface area (Å²) in [7, 11) is 1.48. The Hall–Kier alpha value is -2.24. The predicted octanol–water partition coefficient (Wildman–Crippen LogP) is 3.16. The van der Waals surface area contributed by atoms with Gasteiger partial charge in [0.25, 0.3) is 0 Å². The molecule has 0 saturated carbocycles. The highest BCUT2D eigenvalue weighted by Gasteiger charge is 2.09. The highest BCUT2D eigenvalue weighted by Crippen LogP contribution is 2.21. The Morgan fingerprint density at radius 2 is 1.85 bits per heavy atom. The second-order valence-corrected chi connectivity index (χ2v) is 4.11. The van der Waals surface area contributed by atoms with Crippen LogP contribution in [-0.2, 0) is 6.42 Å². The maximum atomic E-state index is 13.3. The van der Waals surface area contributed by atoms with E-state index in [1.165, 1.54) is 25.3 Å². The fourth-order valence-electron chi connectivity index (χ4n) is 1.84. The van der Waals surface area contributed by atoms with E-state index in [0.717, 1.165) is 12.4 Å². The molecule has 20 heavy (non-hydrogen) atoms. The van der Waals surface area contributed by atoms with Gasteiger partial charge in [0.2, 0.25) is 0 Å². The van der Waals surface area contributed by atoms with Gasteiger partial charge in [-0.05, 0) is 30.2 Å². The minimum Gasteiger partial charge on any atom is -0.496 e. The van der Waals surface area contributed by atoms with Crippen molar-refractivity contribution in [3.8, 4) is 5.75 Å². The average molecular weight is 282 g/mol. The van der Waals surface area contributed by atoms with E-state index in [-0.39, 0.29) is 18.0 Å². The van der Waals surface area contributed by atoms with E-state index < -0.39 is 11.6 Å². The van der Waals surface area contributed by atoms with Crippen LogP contribution in [0.5, 0.6) is 5.75 Å². The molecule has 6 heteroatoms. The number of anilines is 1. The number of pyridine rings is 1. The molecule has 2 rings (SSSR count). The summed E-state index contributed by atoms with van der Waals surface area (Å²) in [6.07, 6.45) is 2.21. The molecular formula is C14H13F3N2O. The number of methoxy groups -OCH3 is 1. The van der Waals surface area contributed by atoms with Crippen molar-refractivity contribution in [3.05, 3.63) is 53.6 Å². The van der Waals surface area contributed by atoms with Gasteiger partial charge in [0, 0.05) is 6.54 Å². The molecule has 0 unspecified atom stereocenters. The number of ether oxygens (including phenoxy) is 1. The van der Waals surface area contributed by atoms with Crippen LogP contribution in [0.1, 0.15) is 5.56 Å². The number of nitrogens with one attached hydrogen (secondary N) is 1. The molecule has 0 amide bonds. The number of hydrogen-bond acceptors (Lipinski definition) is 3. The van der Waals surface area contributed by atoms with Gasteiger partial charge in [-0.25, -0.2) is 13.2 Å². The van der Waals surface area contributed by atoms with Crippen molar-refractivity contribution < 1.29 is 17.9 Å². The van der Waals surface area contributed by atoms with Gasteiger partial charge in [-0.2, -0.15) is 0 Å². The topological polar surface area (TPSA) is 34.1 Å². The van der Waals surface area contributed by atoms with E-state index >= 15 is 0 Å². The van der Waals surface area contributed by atoms with Gasteiger partial charge in [0.1, 0.15) is 17.3 Å². The zero-order valence-electron chi connectivity index (χ0n) is 10.8. The first kappa shape index (κ1) is 14.2. The maximum Gasteiger partial charge on any atom is 0.167 e. The van der Waals surface area contributed by atoms with Gasteiger partial charge < -0.3 is 10.1 Å². The predicted molar refractivity (Wildman–Crippen MR) is 69.3 cm³/mol. The summed E-state index contributed by atoms with van der Waals surface area (Å²) in [6.45, 7) is 0.234. The van der Waals surface area contributed by atoms with Crippen LogP contribution in [0, 0.1) is 17.5 Å². The summed E-state index contributed by atoms with van der Waals surface area (Å²) >= 11 is 0. The first-order chi connectivity index (χ1) is 9.61. The molecule has 0 fully saturated rings. The zero-order valence-corrected chi connectivity index (χ0v) is 10.8. The van der Waals surface area contributed by atoms with Gasteiger partial charge in [-0.15, -0.1) is 0 Å². The molecule has 106 valence electrons. The molecule has 0 atom stereocenters. The van der Waals surface area contributed by atoms with Crippen LogP contribution in [0.4, 0.5) is 18.9 Å². The molecular weight excluding hydrogens is 269 g/mol. The Bertz CT molecular complexity index is 585. The van der Waals surface area contributed by atoms with Gasteiger partial charge >= 0.3 is 0 Å². The van der Waals surface area contributed by atoms with Crippen LogP contribution in [0.2, 0.25) is 0 Å². The number of rotatable bonds is 5. The molecule has 3 nitrogen and oxygen atoms in total. The molecule has 0 bridgehead atoms. The van der Waals surface area contributed by atoms with Gasteiger partial charge in [-0.3, -0.25) is 4.98 Å². The lowest BCUT2D eigenvalue weighted by molar-refractivity contribution is 0.408. The Morgan fingerprint density at radius 1 is 1.15 bits per heavy atom. The van der Waals surface area contributed by atoms with Crippen LogP contribution in [-0.4, -0.2) is 18.6 Å². The third kappa shape index (κ3) is 3.20. The molecule has 1 aromatic carbocycles. The summed E-state index contributed by atoms with van der Waals surface area (Å²) in [4.78, 5) is 3.39. The lowest BCUT2D eigenvalue weighted by atomic mass is 10.1. The fraction of sp³-hybridized carbons (Fsp3) is 0.214. The molecule has 0 radical (unpaired) electrons. The fourth-order valence-corrected chi connectivity index (χ4v) is 1.84. The van der Waals surface area contributed by atoms with Crippen molar-refractivity contribution in [1.29, 1.82) is 0 Å². The van der Waals surface area contributed by atoms with Gasteiger partial charge in [0.15, 0.2) is 11.6 Å². The number of hydrogen-bond donors (Lipinski definition) is 1.